The molecule has 0 radical (unpaired) electrons. The summed E-state index contributed by atoms with van der Waals surface area (Å²) in [4.78, 5) is 19.3. The molecule has 1 aromatic heterocycles. The van der Waals surface area contributed by atoms with Crippen LogP contribution in [0.4, 0.5) is 4.79 Å². The van der Waals surface area contributed by atoms with Crippen molar-refractivity contribution in [3.63, 3.8) is 0 Å². The first-order chi connectivity index (χ1) is 17.6. The molecule has 1 aliphatic carbocycles. The van der Waals surface area contributed by atoms with E-state index in [4.69, 9.17) is 42.4 Å². The summed E-state index contributed by atoms with van der Waals surface area (Å²) in [7, 11) is 0. The second-order valence-corrected chi connectivity index (χ2v) is 11.9. The Morgan fingerprint density at radius 2 is 1.64 bits per heavy atom. The van der Waals surface area contributed by atoms with Gasteiger partial charge in [0.05, 0.1) is 23.2 Å². The van der Waals surface area contributed by atoms with Crippen molar-refractivity contribution in [2.24, 2.45) is 11.8 Å². The third-order valence-electron chi connectivity index (χ3n) is 7.71. The molecule has 3 fully saturated rings. The summed E-state index contributed by atoms with van der Waals surface area (Å²) >= 11 is 13.8. The van der Waals surface area contributed by atoms with E-state index in [0.717, 1.165) is 36.8 Å². The second kappa shape index (κ2) is 12.4. The zero-order valence-corrected chi connectivity index (χ0v) is 22.8. The van der Waals surface area contributed by atoms with Gasteiger partial charge in [-0.25, -0.2) is 9.78 Å². The Labute approximate surface area is 227 Å². The van der Waals surface area contributed by atoms with Crippen molar-refractivity contribution in [2.75, 3.05) is 26.3 Å². The van der Waals surface area contributed by atoms with Gasteiger partial charge < -0.3 is 19.1 Å². The van der Waals surface area contributed by atoms with Crippen LogP contribution >= 0.6 is 34.5 Å². The van der Waals surface area contributed by atoms with Crippen LogP contribution in [0.5, 0.6) is 5.75 Å². The summed E-state index contributed by atoms with van der Waals surface area (Å²) in [5.74, 6) is 1.78. The molecule has 2 aromatic rings. The largest absolute Gasteiger partial charge is 0.415 e. The SMILES string of the molecule is O=C(Oc1cc(Cl)ccc1Cl)N1CCC(c2nc(C3OCC4CCCCCCCC4CO3)cs2)CC1. The zero-order chi connectivity index (χ0) is 24.9. The van der Waals surface area contributed by atoms with Gasteiger partial charge in [-0.2, -0.15) is 0 Å². The first-order valence-corrected chi connectivity index (χ1v) is 14.8. The third kappa shape index (κ3) is 6.54. The topological polar surface area (TPSA) is 60.9 Å². The summed E-state index contributed by atoms with van der Waals surface area (Å²) in [5.41, 5.74) is 0.888. The Morgan fingerprint density at radius 3 is 2.33 bits per heavy atom. The summed E-state index contributed by atoms with van der Waals surface area (Å²) in [5, 5.41) is 4.01. The van der Waals surface area contributed by atoms with Crippen LogP contribution in [0, 0.1) is 11.8 Å². The number of benzene rings is 1. The van der Waals surface area contributed by atoms with E-state index < -0.39 is 6.09 Å². The number of halogens is 2. The van der Waals surface area contributed by atoms with Gasteiger partial charge >= 0.3 is 6.09 Å². The number of amides is 1. The Kier molecular flexibility index (Phi) is 9.07. The highest BCUT2D eigenvalue weighted by atomic mass is 35.5. The number of fused-ring (bicyclic) bond motifs is 1. The first kappa shape index (κ1) is 26.2. The standard InChI is InChI=1S/C27H34Cl2N2O4S/c28-21-8-9-22(29)24(14-21)35-27(32)31-12-10-18(11-13-31)25-30-23(17-36-25)26-33-15-19-6-4-2-1-3-5-7-20(19)16-34-26/h8-9,14,17-20,26H,1-7,10-13,15-16H2. The Bertz CT molecular complexity index is 1010. The van der Waals surface area contributed by atoms with Crippen molar-refractivity contribution in [3.05, 3.63) is 44.3 Å². The van der Waals surface area contributed by atoms with Gasteiger partial charge in [0.15, 0.2) is 5.75 Å². The number of ether oxygens (including phenoxy) is 3. The molecule has 1 saturated carbocycles. The van der Waals surface area contributed by atoms with E-state index in [-0.39, 0.29) is 12.0 Å². The van der Waals surface area contributed by atoms with Gasteiger partial charge in [0.1, 0.15) is 5.69 Å². The van der Waals surface area contributed by atoms with Gasteiger partial charge in [0.25, 0.3) is 0 Å². The molecule has 0 spiro atoms. The Hall–Kier alpha value is -1.38. The van der Waals surface area contributed by atoms with Gasteiger partial charge in [-0.1, -0.05) is 55.3 Å². The fraction of sp³-hybridized carbons (Fsp3) is 0.630. The molecule has 2 aliphatic heterocycles. The highest BCUT2D eigenvalue weighted by Gasteiger charge is 2.32. The number of carbonyl (C=O) groups excluding carboxylic acids is 1. The van der Waals surface area contributed by atoms with Crippen LogP contribution in [-0.2, 0) is 9.47 Å². The predicted octanol–water partition coefficient (Wildman–Crippen LogP) is 7.85. The Morgan fingerprint density at radius 1 is 0.972 bits per heavy atom. The number of likely N-dealkylation sites (tertiary alicyclic amines) is 1. The van der Waals surface area contributed by atoms with Crippen molar-refractivity contribution in [3.8, 4) is 5.75 Å². The zero-order valence-electron chi connectivity index (χ0n) is 20.5. The van der Waals surface area contributed by atoms with Crippen LogP contribution < -0.4 is 4.74 Å². The number of thiazole rings is 1. The minimum Gasteiger partial charge on any atom is -0.409 e. The van der Waals surface area contributed by atoms with Crippen LogP contribution in [0.1, 0.15) is 80.7 Å². The first-order valence-electron chi connectivity index (χ1n) is 13.2. The fourth-order valence-electron chi connectivity index (χ4n) is 5.51. The normalized spacial score (nSPS) is 26.3. The molecule has 6 nitrogen and oxygen atoms in total. The van der Waals surface area contributed by atoms with E-state index in [2.05, 4.69) is 5.38 Å². The molecule has 9 heteroatoms. The van der Waals surface area contributed by atoms with Crippen molar-refractivity contribution in [1.82, 2.24) is 9.88 Å². The van der Waals surface area contributed by atoms with Crippen LogP contribution in [0.3, 0.4) is 0 Å². The minimum absolute atomic E-state index is 0.283. The lowest BCUT2D eigenvalue weighted by atomic mass is 9.86. The van der Waals surface area contributed by atoms with Crippen molar-refractivity contribution in [2.45, 2.75) is 70.0 Å². The van der Waals surface area contributed by atoms with Crippen LogP contribution in [0.2, 0.25) is 10.0 Å². The number of hydrogen-bond acceptors (Lipinski definition) is 6. The number of rotatable bonds is 3. The van der Waals surface area contributed by atoms with Crippen molar-refractivity contribution in [1.29, 1.82) is 0 Å². The lowest BCUT2D eigenvalue weighted by Gasteiger charge is -2.30. The highest BCUT2D eigenvalue weighted by molar-refractivity contribution is 7.09. The third-order valence-corrected chi connectivity index (χ3v) is 9.29. The molecule has 36 heavy (non-hydrogen) atoms. The minimum atomic E-state index is -0.401. The maximum Gasteiger partial charge on any atom is 0.415 e. The summed E-state index contributed by atoms with van der Waals surface area (Å²) in [6.07, 6.45) is 10.0. The van der Waals surface area contributed by atoms with Crippen LogP contribution in [-0.4, -0.2) is 42.3 Å². The monoisotopic (exact) mass is 552 g/mol. The molecule has 196 valence electrons. The van der Waals surface area contributed by atoms with Crippen molar-refractivity contribution >= 4 is 40.6 Å². The number of aromatic nitrogens is 1. The van der Waals surface area contributed by atoms with Crippen LogP contribution in [0.15, 0.2) is 23.6 Å². The molecule has 1 aromatic carbocycles. The average molecular weight is 554 g/mol. The molecule has 1 amide bonds. The van der Waals surface area contributed by atoms with E-state index in [1.807, 2.05) is 0 Å². The maximum absolute atomic E-state index is 12.6. The lowest BCUT2D eigenvalue weighted by Crippen LogP contribution is -2.39. The fourth-order valence-corrected chi connectivity index (χ4v) is 6.82. The molecule has 3 aliphatic rings. The quantitative estimate of drug-likeness (QED) is 0.387. The molecule has 2 saturated heterocycles. The molecule has 5 rings (SSSR count). The highest BCUT2D eigenvalue weighted by Crippen LogP contribution is 2.37. The summed E-state index contributed by atoms with van der Waals surface area (Å²) in [6, 6.07) is 4.85. The number of nitrogens with zero attached hydrogens (tertiary/aromatic N) is 2. The lowest BCUT2D eigenvalue weighted by molar-refractivity contribution is -0.136. The molecule has 2 atom stereocenters. The number of carbonyl (C=O) groups is 1. The van der Waals surface area contributed by atoms with E-state index in [1.165, 1.54) is 44.9 Å². The predicted molar refractivity (Wildman–Crippen MR) is 142 cm³/mol. The van der Waals surface area contributed by atoms with Gasteiger partial charge in [-0.05, 0) is 49.7 Å². The average Bonchev–Trinajstić information content (AvgIpc) is 3.33. The Balaban J connectivity index is 1.14. The van der Waals surface area contributed by atoms with Gasteiger partial charge in [-0.15, -0.1) is 11.3 Å². The van der Waals surface area contributed by atoms with E-state index in [0.29, 0.717) is 40.9 Å². The smallest absolute Gasteiger partial charge is 0.409 e. The molecular weight excluding hydrogens is 519 g/mol. The molecule has 3 heterocycles. The van der Waals surface area contributed by atoms with Crippen LogP contribution in [0.25, 0.3) is 0 Å². The van der Waals surface area contributed by atoms with E-state index >= 15 is 0 Å². The summed E-state index contributed by atoms with van der Waals surface area (Å²) in [6.45, 7) is 2.74. The van der Waals surface area contributed by atoms with Gasteiger partial charge in [-0.3, -0.25) is 0 Å². The molecule has 0 bridgehead atoms. The maximum atomic E-state index is 12.6. The summed E-state index contributed by atoms with van der Waals surface area (Å²) < 4.78 is 18.0. The number of piperidine rings is 1. The van der Waals surface area contributed by atoms with Gasteiger partial charge in [0, 0.05) is 35.5 Å². The van der Waals surface area contributed by atoms with E-state index in [9.17, 15) is 4.79 Å². The number of hydrogen-bond donors (Lipinski definition) is 0. The van der Waals surface area contributed by atoms with E-state index in [1.54, 1.807) is 34.4 Å². The van der Waals surface area contributed by atoms with Crippen molar-refractivity contribution < 1.29 is 19.0 Å². The second-order valence-electron chi connectivity index (χ2n) is 10.2. The van der Waals surface area contributed by atoms with Gasteiger partial charge in [0.2, 0.25) is 6.29 Å². The molecule has 2 unspecified atom stereocenters. The molecular formula is C27H34Cl2N2O4S. The molecule has 0 N–H and O–H groups in total.